The molecule has 0 atom stereocenters. The lowest BCUT2D eigenvalue weighted by Crippen LogP contribution is -2.17. The highest BCUT2D eigenvalue weighted by molar-refractivity contribution is 7.99. The lowest BCUT2D eigenvalue weighted by atomic mass is 10.1. The first-order valence-corrected chi connectivity index (χ1v) is 16.5. The van der Waals surface area contributed by atoms with Crippen molar-refractivity contribution in [3.05, 3.63) is 60.2 Å². The molecule has 0 radical (unpaired) electrons. The molecule has 10 nitrogen and oxygen atoms in total. The van der Waals surface area contributed by atoms with E-state index < -0.39 is 37.1 Å². The Kier molecular flexibility index (Phi) is 19.6. The van der Waals surface area contributed by atoms with Crippen LogP contribution < -0.4 is 0 Å². The summed E-state index contributed by atoms with van der Waals surface area (Å²) in [5.41, 5.74) is 0.596. The van der Waals surface area contributed by atoms with Gasteiger partial charge in [-0.1, -0.05) is 38.5 Å². The van der Waals surface area contributed by atoms with Gasteiger partial charge < -0.3 is 18.9 Å². The SMILES string of the molecule is O=C(COC(=O)c1cccnc1)OCCSCCCCCCCCCCSCCOC(=O)COC(=O)c1cccnc1. The fourth-order valence-electron chi connectivity index (χ4n) is 3.57. The van der Waals surface area contributed by atoms with Gasteiger partial charge in [-0.2, -0.15) is 23.5 Å². The van der Waals surface area contributed by atoms with Crippen molar-refractivity contribution in [1.29, 1.82) is 0 Å². The van der Waals surface area contributed by atoms with Gasteiger partial charge in [0, 0.05) is 36.3 Å². The Morgan fingerprint density at radius 2 is 0.952 bits per heavy atom. The average molecular weight is 621 g/mol. The highest BCUT2D eigenvalue weighted by Crippen LogP contribution is 2.13. The van der Waals surface area contributed by atoms with Crippen molar-refractivity contribution in [3.8, 4) is 0 Å². The van der Waals surface area contributed by atoms with Crippen LogP contribution in [0, 0.1) is 0 Å². The van der Waals surface area contributed by atoms with Crippen molar-refractivity contribution in [2.24, 2.45) is 0 Å². The van der Waals surface area contributed by atoms with Crippen LogP contribution in [0.2, 0.25) is 0 Å². The molecule has 0 aromatic carbocycles. The summed E-state index contributed by atoms with van der Waals surface area (Å²) in [4.78, 5) is 54.5. The van der Waals surface area contributed by atoms with Crippen LogP contribution in [-0.2, 0) is 28.5 Å². The third kappa shape index (κ3) is 17.6. The zero-order valence-electron chi connectivity index (χ0n) is 23.9. The van der Waals surface area contributed by atoms with Gasteiger partial charge in [-0.15, -0.1) is 0 Å². The number of rotatable bonds is 23. The van der Waals surface area contributed by atoms with Crippen LogP contribution in [0.1, 0.15) is 72.1 Å². The predicted molar refractivity (Wildman–Crippen MR) is 163 cm³/mol. The minimum absolute atomic E-state index is 0.298. The van der Waals surface area contributed by atoms with Crippen molar-refractivity contribution in [2.75, 3.05) is 49.4 Å². The standard InChI is InChI=1S/C30H40N2O8S2/c33-27(23-39-29(35)25-11-9-13-31-21-25)37-15-19-41-17-7-5-3-1-2-4-6-8-18-42-20-16-38-28(34)24-40-30(36)26-12-10-14-32-22-26/h9-14,21-22H,1-8,15-20,23-24H2. The van der Waals surface area contributed by atoms with E-state index in [0.717, 1.165) is 35.9 Å². The van der Waals surface area contributed by atoms with Gasteiger partial charge in [0.05, 0.1) is 11.1 Å². The molecule has 0 N–H and O–H groups in total. The van der Waals surface area contributed by atoms with Crippen molar-refractivity contribution < 1.29 is 38.1 Å². The highest BCUT2D eigenvalue weighted by Gasteiger charge is 2.12. The fourth-order valence-corrected chi connectivity index (χ4v) is 5.19. The van der Waals surface area contributed by atoms with Gasteiger partial charge in [-0.3, -0.25) is 9.97 Å². The molecule has 0 aliphatic heterocycles. The monoisotopic (exact) mass is 620 g/mol. The molecule has 0 saturated carbocycles. The Bertz CT molecular complexity index is 961. The third-order valence-electron chi connectivity index (χ3n) is 5.75. The second-order valence-corrected chi connectivity index (χ2v) is 11.6. The average Bonchev–Trinajstić information content (AvgIpc) is 3.02. The van der Waals surface area contributed by atoms with Crippen molar-refractivity contribution in [1.82, 2.24) is 9.97 Å². The zero-order chi connectivity index (χ0) is 30.1. The number of carbonyl (C=O) groups excluding carboxylic acids is 4. The molecule has 0 fully saturated rings. The van der Waals surface area contributed by atoms with Crippen LogP contribution in [0.5, 0.6) is 0 Å². The summed E-state index contributed by atoms with van der Waals surface area (Å²) in [6, 6.07) is 6.40. The first-order chi connectivity index (χ1) is 20.6. The van der Waals surface area contributed by atoms with Crippen molar-refractivity contribution in [2.45, 2.75) is 51.4 Å². The van der Waals surface area contributed by atoms with Crippen molar-refractivity contribution >= 4 is 47.4 Å². The normalized spacial score (nSPS) is 10.6. The predicted octanol–water partition coefficient (Wildman–Crippen LogP) is 5.16. The summed E-state index contributed by atoms with van der Waals surface area (Å²) < 4.78 is 20.0. The Labute approximate surface area is 256 Å². The molecule has 2 rings (SSSR count). The maximum absolute atomic E-state index is 11.8. The van der Waals surface area contributed by atoms with E-state index in [4.69, 9.17) is 18.9 Å². The van der Waals surface area contributed by atoms with E-state index in [1.54, 1.807) is 60.2 Å². The molecule has 2 aromatic rings. The molecule has 0 unspecified atom stereocenters. The quantitative estimate of drug-likeness (QED) is 0.0923. The van der Waals surface area contributed by atoms with Crippen LogP contribution in [0.25, 0.3) is 0 Å². The highest BCUT2D eigenvalue weighted by atomic mass is 32.2. The fraction of sp³-hybridized carbons (Fsp3) is 0.533. The van der Waals surface area contributed by atoms with Gasteiger partial charge in [0.15, 0.2) is 13.2 Å². The number of unbranched alkanes of at least 4 members (excludes halogenated alkanes) is 7. The molecular weight excluding hydrogens is 580 g/mol. The number of hydrogen-bond acceptors (Lipinski definition) is 12. The second-order valence-electron chi connectivity index (χ2n) is 9.13. The molecule has 0 saturated heterocycles. The van der Waals surface area contributed by atoms with Crippen LogP contribution in [0.4, 0.5) is 0 Å². The maximum atomic E-state index is 11.8. The summed E-state index contributed by atoms with van der Waals surface area (Å²) in [5, 5.41) is 0. The molecule has 0 aliphatic carbocycles. The second kappa shape index (κ2) is 23.4. The molecule has 2 aromatic heterocycles. The summed E-state index contributed by atoms with van der Waals surface area (Å²) in [6.07, 6.45) is 15.5. The molecule has 42 heavy (non-hydrogen) atoms. The van der Waals surface area contributed by atoms with Crippen LogP contribution >= 0.6 is 23.5 Å². The number of ether oxygens (including phenoxy) is 4. The number of aromatic nitrogens is 2. The summed E-state index contributed by atoms with van der Waals surface area (Å²) in [6.45, 7) is -0.182. The van der Waals surface area contributed by atoms with Gasteiger partial charge in [0.25, 0.3) is 0 Å². The number of esters is 4. The van der Waals surface area contributed by atoms with Gasteiger partial charge in [-0.05, 0) is 48.6 Å². The molecule has 0 spiro atoms. The van der Waals surface area contributed by atoms with Crippen molar-refractivity contribution in [3.63, 3.8) is 0 Å². The largest absolute Gasteiger partial charge is 0.462 e. The van der Waals surface area contributed by atoms with Gasteiger partial charge in [0.2, 0.25) is 0 Å². The number of pyridine rings is 2. The minimum atomic E-state index is -0.595. The van der Waals surface area contributed by atoms with E-state index in [2.05, 4.69) is 9.97 Å². The summed E-state index contributed by atoms with van der Waals surface area (Å²) in [5.74, 6) is 1.24. The first kappa shape index (κ1) is 35.1. The van der Waals surface area contributed by atoms with Crippen LogP contribution in [0.3, 0.4) is 0 Å². The molecule has 0 amide bonds. The lowest BCUT2D eigenvalue weighted by molar-refractivity contribution is -0.147. The number of thioether (sulfide) groups is 2. The lowest BCUT2D eigenvalue weighted by Gasteiger charge is -2.06. The van der Waals surface area contributed by atoms with E-state index in [9.17, 15) is 19.2 Å². The van der Waals surface area contributed by atoms with E-state index in [1.807, 2.05) is 0 Å². The maximum Gasteiger partial charge on any atom is 0.344 e. The molecule has 12 heteroatoms. The zero-order valence-corrected chi connectivity index (χ0v) is 25.5. The summed E-state index contributed by atoms with van der Waals surface area (Å²) in [7, 11) is 0. The Morgan fingerprint density at radius 3 is 1.33 bits per heavy atom. The molecule has 0 bridgehead atoms. The number of carbonyl (C=O) groups is 4. The van der Waals surface area contributed by atoms with Gasteiger partial charge in [0.1, 0.15) is 13.2 Å². The van der Waals surface area contributed by atoms with Crippen LogP contribution in [0.15, 0.2) is 49.1 Å². The summed E-state index contributed by atoms with van der Waals surface area (Å²) >= 11 is 3.52. The van der Waals surface area contributed by atoms with Crippen LogP contribution in [-0.4, -0.2) is 83.3 Å². The smallest absolute Gasteiger partial charge is 0.344 e. The number of nitrogens with zero attached hydrogens (tertiary/aromatic N) is 2. The third-order valence-corrected chi connectivity index (χ3v) is 7.81. The van der Waals surface area contributed by atoms with E-state index in [0.29, 0.717) is 24.3 Å². The van der Waals surface area contributed by atoms with E-state index in [-0.39, 0.29) is 0 Å². The Balaban J connectivity index is 1.26. The van der Waals surface area contributed by atoms with Gasteiger partial charge in [-0.25, -0.2) is 19.2 Å². The Morgan fingerprint density at radius 1 is 0.548 bits per heavy atom. The first-order valence-electron chi connectivity index (χ1n) is 14.2. The molecule has 230 valence electrons. The molecule has 0 aliphatic rings. The molecular formula is C30H40N2O8S2. The Hall–Kier alpha value is -3.12. The minimum Gasteiger partial charge on any atom is -0.462 e. The molecule has 2 heterocycles. The van der Waals surface area contributed by atoms with Gasteiger partial charge >= 0.3 is 23.9 Å². The van der Waals surface area contributed by atoms with E-state index in [1.165, 1.54) is 50.9 Å². The van der Waals surface area contributed by atoms with E-state index >= 15 is 0 Å². The number of hydrogen-bond donors (Lipinski definition) is 0. The topological polar surface area (TPSA) is 131 Å².